The summed E-state index contributed by atoms with van der Waals surface area (Å²) in [5.74, 6) is 0.258. The fraction of sp³-hybridized carbons (Fsp3) is 0.333. The summed E-state index contributed by atoms with van der Waals surface area (Å²) in [4.78, 5) is 12.9. The molecule has 0 aliphatic heterocycles. The Labute approximate surface area is 119 Å². The van der Waals surface area contributed by atoms with Crippen molar-refractivity contribution < 1.29 is 14.1 Å². The molecule has 1 atom stereocenters. The molecule has 0 radical (unpaired) electrons. The highest BCUT2D eigenvalue weighted by molar-refractivity contribution is 7.16. The first kappa shape index (κ1) is 14.0. The molecule has 1 amide bonds. The van der Waals surface area contributed by atoms with Gasteiger partial charge in [-0.05, 0) is 19.1 Å². The molecule has 0 spiro atoms. The van der Waals surface area contributed by atoms with Gasteiger partial charge >= 0.3 is 0 Å². The number of aromatic nitrogens is 1. The van der Waals surface area contributed by atoms with E-state index in [-0.39, 0.29) is 12.0 Å². The van der Waals surface area contributed by atoms with E-state index in [1.165, 1.54) is 17.5 Å². The van der Waals surface area contributed by atoms with Crippen LogP contribution in [-0.4, -0.2) is 24.7 Å². The maximum Gasteiger partial charge on any atom is 0.256 e. The van der Waals surface area contributed by atoms with Gasteiger partial charge in [-0.25, -0.2) is 0 Å². The van der Waals surface area contributed by atoms with E-state index < -0.39 is 0 Å². The summed E-state index contributed by atoms with van der Waals surface area (Å²) in [6, 6.07) is 3.69. The monoisotopic (exact) mass is 300 g/mol. The number of aryl methyl sites for hydroxylation is 1. The van der Waals surface area contributed by atoms with Crippen molar-refractivity contribution in [3.05, 3.63) is 38.9 Å². The molecule has 5 nitrogen and oxygen atoms in total. The molecule has 0 saturated carbocycles. The van der Waals surface area contributed by atoms with Gasteiger partial charge in [0.2, 0.25) is 0 Å². The second kappa shape index (κ2) is 6.18. The van der Waals surface area contributed by atoms with Crippen LogP contribution in [0.3, 0.4) is 0 Å². The van der Waals surface area contributed by atoms with Crippen molar-refractivity contribution in [2.45, 2.75) is 13.0 Å². The molecule has 0 fully saturated rings. The van der Waals surface area contributed by atoms with E-state index in [2.05, 4.69) is 10.5 Å². The number of hydrogen-bond donors (Lipinski definition) is 1. The van der Waals surface area contributed by atoms with E-state index in [0.717, 1.165) is 4.88 Å². The number of rotatable bonds is 5. The first-order valence-electron chi connectivity index (χ1n) is 5.59. The van der Waals surface area contributed by atoms with Crippen molar-refractivity contribution >= 4 is 28.8 Å². The number of carbonyl (C=O) groups excluding carboxylic acids is 1. The lowest BCUT2D eigenvalue weighted by molar-refractivity contribution is 0.0836. The lowest BCUT2D eigenvalue weighted by Crippen LogP contribution is -2.29. The quantitative estimate of drug-likeness (QED) is 0.922. The van der Waals surface area contributed by atoms with Gasteiger partial charge < -0.3 is 14.6 Å². The molecule has 2 aromatic heterocycles. The number of amides is 1. The number of carbonyl (C=O) groups is 1. The Morgan fingerprint density at radius 1 is 1.63 bits per heavy atom. The molecule has 1 unspecified atom stereocenters. The van der Waals surface area contributed by atoms with Crippen LogP contribution in [0.15, 0.2) is 22.9 Å². The van der Waals surface area contributed by atoms with Crippen LogP contribution in [0.25, 0.3) is 0 Å². The lowest BCUT2D eigenvalue weighted by atomic mass is 10.2. The van der Waals surface area contributed by atoms with E-state index in [1.54, 1.807) is 20.1 Å². The molecule has 2 heterocycles. The minimum atomic E-state index is -0.233. The van der Waals surface area contributed by atoms with Gasteiger partial charge in [-0.2, -0.15) is 0 Å². The van der Waals surface area contributed by atoms with Gasteiger partial charge in [0.05, 0.1) is 10.5 Å². The summed E-state index contributed by atoms with van der Waals surface area (Å²) < 4.78 is 10.9. The van der Waals surface area contributed by atoms with Crippen molar-refractivity contribution in [1.82, 2.24) is 10.5 Å². The predicted molar refractivity (Wildman–Crippen MR) is 72.7 cm³/mol. The van der Waals surface area contributed by atoms with Crippen LogP contribution in [0.5, 0.6) is 0 Å². The molecule has 7 heteroatoms. The van der Waals surface area contributed by atoms with Gasteiger partial charge in [-0.1, -0.05) is 16.8 Å². The van der Waals surface area contributed by atoms with Crippen molar-refractivity contribution in [1.29, 1.82) is 0 Å². The van der Waals surface area contributed by atoms with E-state index >= 15 is 0 Å². The van der Waals surface area contributed by atoms with Gasteiger partial charge in [-0.15, -0.1) is 11.3 Å². The Bertz CT molecular complexity index is 567. The van der Waals surface area contributed by atoms with Crippen LogP contribution < -0.4 is 5.32 Å². The minimum absolute atomic E-state index is 0.221. The van der Waals surface area contributed by atoms with Crippen LogP contribution >= 0.6 is 22.9 Å². The van der Waals surface area contributed by atoms with Crippen LogP contribution in [0.2, 0.25) is 4.34 Å². The second-order valence-corrected chi connectivity index (χ2v) is 5.62. The summed E-state index contributed by atoms with van der Waals surface area (Å²) in [5, 5.41) is 6.35. The molecule has 0 aromatic carbocycles. The lowest BCUT2D eigenvalue weighted by Gasteiger charge is -2.14. The SMILES string of the molecule is COC(CNC(=O)c1cnoc1C)c1ccc(Cl)s1. The smallest absolute Gasteiger partial charge is 0.256 e. The third-order valence-electron chi connectivity index (χ3n) is 2.64. The van der Waals surface area contributed by atoms with Crippen molar-refractivity contribution in [3.8, 4) is 0 Å². The molecule has 0 aliphatic rings. The van der Waals surface area contributed by atoms with E-state index in [4.69, 9.17) is 20.9 Å². The molecule has 0 aliphatic carbocycles. The van der Waals surface area contributed by atoms with E-state index in [1.807, 2.05) is 6.07 Å². The first-order valence-corrected chi connectivity index (χ1v) is 6.78. The maximum absolute atomic E-state index is 11.9. The number of nitrogens with zero attached hydrogens (tertiary/aromatic N) is 1. The van der Waals surface area contributed by atoms with Gasteiger partial charge in [0, 0.05) is 18.5 Å². The summed E-state index contributed by atoms with van der Waals surface area (Å²) in [6.45, 7) is 2.05. The standard InChI is InChI=1S/C12H13ClN2O3S/c1-7-8(5-15-18-7)12(16)14-6-9(17-2)10-3-4-11(13)19-10/h3-5,9H,6H2,1-2H3,(H,14,16). The molecule has 102 valence electrons. The molecule has 2 aromatic rings. The average Bonchev–Trinajstić information content (AvgIpc) is 2.99. The zero-order chi connectivity index (χ0) is 13.8. The number of hydrogen-bond acceptors (Lipinski definition) is 5. The summed E-state index contributed by atoms with van der Waals surface area (Å²) in [7, 11) is 1.59. The summed E-state index contributed by atoms with van der Waals surface area (Å²) >= 11 is 7.31. The van der Waals surface area contributed by atoms with Crippen LogP contribution in [0, 0.1) is 6.92 Å². The molecular formula is C12H13ClN2O3S. The van der Waals surface area contributed by atoms with Crippen LogP contribution in [0.4, 0.5) is 0 Å². The fourth-order valence-electron chi connectivity index (χ4n) is 1.60. The van der Waals surface area contributed by atoms with Crippen molar-refractivity contribution in [3.63, 3.8) is 0 Å². The Kier molecular flexibility index (Phi) is 4.57. The highest BCUT2D eigenvalue weighted by Gasteiger charge is 2.17. The zero-order valence-electron chi connectivity index (χ0n) is 10.5. The number of methoxy groups -OCH3 is 1. The molecule has 2 rings (SSSR count). The second-order valence-electron chi connectivity index (χ2n) is 3.87. The molecule has 1 N–H and O–H groups in total. The Morgan fingerprint density at radius 3 is 2.95 bits per heavy atom. The van der Waals surface area contributed by atoms with Crippen LogP contribution in [0.1, 0.15) is 27.1 Å². The Morgan fingerprint density at radius 2 is 2.42 bits per heavy atom. The van der Waals surface area contributed by atoms with Crippen molar-refractivity contribution in [2.24, 2.45) is 0 Å². The zero-order valence-corrected chi connectivity index (χ0v) is 12.0. The summed E-state index contributed by atoms with van der Waals surface area (Å²) in [5.41, 5.74) is 0.430. The third kappa shape index (κ3) is 3.34. The van der Waals surface area contributed by atoms with Crippen LogP contribution in [-0.2, 0) is 4.74 Å². The average molecular weight is 301 g/mol. The number of halogens is 1. The minimum Gasteiger partial charge on any atom is -0.374 e. The molecule has 0 bridgehead atoms. The van der Waals surface area contributed by atoms with Gasteiger partial charge in [-0.3, -0.25) is 4.79 Å². The fourth-order valence-corrected chi connectivity index (χ4v) is 2.74. The largest absolute Gasteiger partial charge is 0.374 e. The number of ether oxygens (including phenoxy) is 1. The van der Waals surface area contributed by atoms with Gasteiger partial charge in [0.1, 0.15) is 17.4 Å². The molecule has 19 heavy (non-hydrogen) atoms. The molecule has 0 saturated heterocycles. The van der Waals surface area contributed by atoms with E-state index in [0.29, 0.717) is 22.2 Å². The maximum atomic E-state index is 11.9. The van der Waals surface area contributed by atoms with Gasteiger partial charge in [0.15, 0.2) is 0 Å². The third-order valence-corrected chi connectivity index (χ3v) is 3.96. The van der Waals surface area contributed by atoms with E-state index in [9.17, 15) is 4.79 Å². The van der Waals surface area contributed by atoms with Crippen molar-refractivity contribution in [2.75, 3.05) is 13.7 Å². The Hall–Kier alpha value is -1.37. The number of nitrogens with one attached hydrogen (secondary N) is 1. The van der Waals surface area contributed by atoms with Gasteiger partial charge in [0.25, 0.3) is 5.91 Å². The topological polar surface area (TPSA) is 64.4 Å². The normalized spacial score (nSPS) is 12.4. The highest BCUT2D eigenvalue weighted by atomic mass is 35.5. The molecular weight excluding hydrogens is 288 g/mol. The summed E-state index contributed by atoms with van der Waals surface area (Å²) in [6.07, 6.45) is 1.18. The first-order chi connectivity index (χ1) is 9.11. The highest BCUT2D eigenvalue weighted by Crippen LogP contribution is 2.28. The Balaban J connectivity index is 1.97. The number of thiophene rings is 1. The predicted octanol–water partition coefficient (Wildman–Crippen LogP) is 2.82.